The monoisotopic (exact) mass is 229 g/mol. The smallest absolute Gasteiger partial charge is 0.231 e. The number of hydrogen-bond acceptors (Lipinski definition) is 5. The second-order valence-electron chi connectivity index (χ2n) is 3.82. The van der Waals surface area contributed by atoms with Crippen molar-refractivity contribution in [2.24, 2.45) is 0 Å². The maximum absolute atomic E-state index is 5.33. The summed E-state index contributed by atoms with van der Waals surface area (Å²) < 4.78 is 10.6. The molecule has 1 aromatic carbocycles. The fraction of sp³-hybridized carbons (Fsp3) is 0.250. The standard InChI is InChI=1S/C12H11N3O2/c1-7-13-8(2)15-12(14-7)9-3-4-10-11(5-9)17-6-16-10/h3-5H,6H2,1-2H3. The molecule has 1 aliphatic heterocycles. The number of rotatable bonds is 1. The average Bonchev–Trinajstić information content (AvgIpc) is 2.74. The highest BCUT2D eigenvalue weighted by molar-refractivity contribution is 5.61. The summed E-state index contributed by atoms with van der Waals surface area (Å²) in [4.78, 5) is 12.8. The fourth-order valence-electron chi connectivity index (χ4n) is 1.78. The van der Waals surface area contributed by atoms with Gasteiger partial charge in [-0.1, -0.05) is 0 Å². The number of aromatic nitrogens is 3. The number of fused-ring (bicyclic) bond motifs is 1. The van der Waals surface area contributed by atoms with E-state index in [-0.39, 0.29) is 6.79 Å². The van der Waals surface area contributed by atoms with Gasteiger partial charge in [0.2, 0.25) is 6.79 Å². The first-order valence-corrected chi connectivity index (χ1v) is 5.32. The van der Waals surface area contributed by atoms with Gasteiger partial charge in [-0.15, -0.1) is 0 Å². The van der Waals surface area contributed by atoms with Crippen molar-refractivity contribution >= 4 is 0 Å². The van der Waals surface area contributed by atoms with Crippen LogP contribution in [0.5, 0.6) is 11.5 Å². The molecule has 1 aliphatic rings. The molecule has 2 heterocycles. The van der Waals surface area contributed by atoms with E-state index in [2.05, 4.69) is 15.0 Å². The van der Waals surface area contributed by atoms with Crippen molar-refractivity contribution in [2.75, 3.05) is 6.79 Å². The largest absolute Gasteiger partial charge is 0.454 e. The fourth-order valence-corrected chi connectivity index (χ4v) is 1.78. The molecular formula is C12H11N3O2. The zero-order valence-corrected chi connectivity index (χ0v) is 9.60. The molecule has 5 heteroatoms. The van der Waals surface area contributed by atoms with Crippen molar-refractivity contribution in [3.63, 3.8) is 0 Å². The van der Waals surface area contributed by atoms with E-state index in [9.17, 15) is 0 Å². The molecule has 0 bridgehead atoms. The Labute approximate surface area is 98.5 Å². The van der Waals surface area contributed by atoms with Crippen LogP contribution in [0.4, 0.5) is 0 Å². The van der Waals surface area contributed by atoms with Crippen LogP contribution in [0, 0.1) is 13.8 Å². The molecule has 0 N–H and O–H groups in total. The van der Waals surface area contributed by atoms with Gasteiger partial charge < -0.3 is 9.47 Å². The van der Waals surface area contributed by atoms with Crippen molar-refractivity contribution in [2.45, 2.75) is 13.8 Å². The molecule has 0 spiro atoms. The number of hydrogen-bond donors (Lipinski definition) is 0. The van der Waals surface area contributed by atoms with Gasteiger partial charge in [-0.25, -0.2) is 15.0 Å². The molecule has 0 atom stereocenters. The summed E-state index contributed by atoms with van der Waals surface area (Å²) in [5, 5.41) is 0. The summed E-state index contributed by atoms with van der Waals surface area (Å²) in [6.07, 6.45) is 0. The van der Waals surface area contributed by atoms with Crippen LogP contribution in [-0.4, -0.2) is 21.7 Å². The maximum Gasteiger partial charge on any atom is 0.231 e. The molecule has 0 fully saturated rings. The van der Waals surface area contributed by atoms with E-state index in [0.29, 0.717) is 17.5 Å². The Hall–Kier alpha value is -2.17. The lowest BCUT2D eigenvalue weighted by Gasteiger charge is -2.03. The molecule has 3 rings (SSSR count). The van der Waals surface area contributed by atoms with Gasteiger partial charge in [0.15, 0.2) is 17.3 Å². The molecule has 2 aromatic rings. The number of aryl methyl sites for hydroxylation is 2. The van der Waals surface area contributed by atoms with Crippen LogP contribution in [0.15, 0.2) is 18.2 Å². The van der Waals surface area contributed by atoms with Gasteiger partial charge in [-0.05, 0) is 32.0 Å². The molecular weight excluding hydrogens is 218 g/mol. The second-order valence-corrected chi connectivity index (χ2v) is 3.82. The lowest BCUT2D eigenvalue weighted by Crippen LogP contribution is -1.98. The number of benzene rings is 1. The summed E-state index contributed by atoms with van der Waals surface area (Å²) in [6, 6.07) is 5.67. The second kappa shape index (κ2) is 3.69. The first kappa shape index (κ1) is 10.0. The lowest BCUT2D eigenvalue weighted by molar-refractivity contribution is 0.174. The topological polar surface area (TPSA) is 57.1 Å². The van der Waals surface area contributed by atoms with Gasteiger partial charge in [-0.3, -0.25) is 0 Å². The van der Waals surface area contributed by atoms with Crippen molar-refractivity contribution in [3.8, 4) is 22.9 Å². The molecule has 0 saturated carbocycles. The lowest BCUT2D eigenvalue weighted by atomic mass is 10.2. The Bertz CT molecular complexity index is 564. The predicted molar refractivity (Wildman–Crippen MR) is 60.9 cm³/mol. The minimum Gasteiger partial charge on any atom is -0.454 e. The van der Waals surface area contributed by atoms with Crippen molar-refractivity contribution in [3.05, 3.63) is 29.8 Å². The van der Waals surface area contributed by atoms with E-state index < -0.39 is 0 Å². The Morgan fingerprint density at radius 3 is 2.41 bits per heavy atom. The van der Waals surface area contributed by atoms with Gasteiger partial charge in [0.05, 0.1) is 0 Å². The van der Waals surface area contributed by atoms with Gasteiger partial charge in [-0.2, -0.15) is 0 Å². The van der Waals surface area contributed by atoms with Gasteiger partial charge in [0.25, 0.3) is 0 Å². The third kappa shape index (κ3) is 1.80. The first-order valence-electron chi connectivity index (χ1n) is 5.32. The molecule has 86 valence electrons. The Balaban J connectivity index is 2.09. The van der Waals surface area contributed by atoms with Crippen LogP contribution in [0.25, 0.3) is 11.4 Å². The number of nitrogens with zero attached hydrogens (tertiary/aromatic N) is 3. The molecule has 0 aliphatic carbocycles. The quantitative estimate of drug-likeness (QED) is 0.747. The van der Waals surface area contributed by atoms with Crippen molar-refractivity contribution in [1.29, 1.82) is 0 Å². The minimum absolute atomic E-state index is 0.272. The molecule has 0 amide bonds. The summed E-state index contributed by atoms with van der Waals surface area (Å²) in [5.41, 5.74) is 0.905. The van der Waals surface area contributed by atoms with Gasteiger partial charge in [0, 0.05) is 5.56 Å². The predicted octanol–water partition coefficient (Wildman–Crippen LogP) is 1.88. The van der Waals surface area contributed by atoms with E-state index in [1.54, 1.807) is 0 Å². The van der Waals surface area contributed by atoms with E-state index >= 15 is 0 Å². The van der Waals surface area contributed by atoms with E-state index in [1.165, 1.54) is 0 Å². The highest BCUT2D eigenvalue weighted by Crippen LogP contribution is 2.34. The SMILES string of the molecule is Cc1nc(C)nc(-c2ccc3c(c2)OCO3)n1. The Morgan fingerprint density at radius 1 is 0.941 bits per heavy atom. The van der Waals surface area contributed by atoms with Crippen molar-refractivity contribution < 1.29 is 9.47 Å². The van der Waals surface area contributed by atoms with Gasteiger partial charge in [0.1, 0.15) is 11.6 Å². The summed E-state index contributed by atoms with van der Waals surface area (Å²) in [6.45, 7) is 3.98. The number of ether oxygens (including phenoxy) is 2. The van der Waals surface area contributed by atoms with Crippen LogP contribution in [-0.2, 0) is 0 Å². The zero-order chi connectivity index (χ0) is 11.8. The highest BCUT2D eigenvalue weighted by Gasteiger charge is 2.15. The van der Waals surface area contributed by atoms with E-state index in [1.807, 2.05) is 32.0 Å². The van der Waals surface area contributed by atoms with Crippen LogP contribution in [0.1, 0.15) is 11.6 Å². The summed E-state index contributed by atoms with van der Waals surface area (Å²) in [5.74, 6) is 3.58. The summed E-state index contributed by atoms with van der Waals surface area (Å²) >= 11 is 0. The molecule has 0 saturated heterocycles. The molecule has 0 radical (unpaired) electrons. The van der Waals surface area contributed by atoms with E-state index in [0.717, 1.165) is 17.1 Å². The van der Waals surface area contributed by atoms with Crippen LogP contribution in [0.3, 0.4) is 0 Å². The maximum atomic E-state index is 5.33. The van der Waals surface area contributed by atoms with E-state index in [4.69, 9.17) is 9.47 Å². The normalized spacial score (nSPS) is 12.8. The van der Waals surface area contributed by atoms with Crippen molar-refractivity contribution in [1.82, 2.24) is 15.0 Å². The third-order valence-electron chi connectivity index (χ3n) is 2.49. The highest BCUT2D eigenvalue weighted by atomic mass is 16.7. The molecule has 5 nitrogen and oxygen atoms in total. The minimum atomic E-state index is 0.272. The summed E-state index contributed by atoms with van der Waals surface area (Å²) in [7, 11) is 0. The van der Waals surface area contributed by atoms with Crippen LogP contribution >= 0.6 is 0 Å². The van der Waals surface area contributed by atoms with Crippen LogP contribution < -0.4 is 9.47 Å². The Kier molecular flexibility index (Phi) is 2.18. The average molecular weight is 229 g/mol. The molecule has 1 aromatic heterocycles. The van der Waals surface area contributed by atoms with Crippen LogP contribution in [0.2, 0.25) is 0 Å². The Morgan fingerprint density at radius 2 is 1.65 bits per heavy atom. The van der Waals surface area contributed by atoms with Gasteiger partial charge >= 0.3 is 0 Å². The molecule has 17 heavy (non-hydrogen) atoms. The third-order valence-corrected chi connectivity index (χ3v) is 2.49. The zero-order valence-electron chi connectivity index (χ0n) is 9.60. The first-order chi connectivity index (χ1) is 8.22. The molecule has 0 unspecified atom stereocenters.